The second-order valence-corrected chi connectivity index (χ2v) is 6.48. The molecule has 0 bridgehead atoms. The number of fused-ring (bicyclic) bond motifs is 1. The number of benzene rings is 2. The first-order valence-corrected chi connectivity index (χ1v) is 7.49. The van der Waals surface area contributed by atoms with Crippen LogP contribution < -0.4 is 4.90 Å². The first-order chi connectivity index (χ1) is 10.0. The van der Waals surface area contributed by atoms with Crippen LogP contribution in [0.3, 0.4) is 0 Å². The number of anilines is 1. The predicted molar refractivity (Wildman–Crippen MR) is 86.8 cm³/mol. The molecule has 2 aromatic carbocycles. The van der Waals surface area contributed by atoms with Crippen LogP contribution >= 0.6 is 0 Å². The fraction of sp³-hybridized carbons (Fsp3) is 0.316. The molecule has 0 N–H and O–H groups in total. The molecule has 108 valence electrons. The van der Waals surface area contributed by atoms with Crippen molar-refractivity contribution >= 4 is 11.6 Å². The summed E-state index contributed by atoms with van der Waals surface area (Å²) in [5, 5.41) is 0. The molecule has 2 heteroatoms. The molecule has 0 saturated heterocycles. The Morgan fingerprint density at radius 3 is 2.38 bits per heavy atom. The van der Waals surface area contributed by atoms with Crippen molar-refractivity contribution in [1.29, 1.82) is 0 Å². The van der Waals surface area contributed by atoms with E-state index in [1.165, 1.54) is 5.56 Å². The van der Waals surface area contributed by atoms with Gasteiger partial charge in [0.1, 0.15) is 0 Å². The number of para-hydroxylation sites is 1. The van der Waals surface area contributed by atoms with Crippen LogP contribution in [0.1, 0.15) is 49.0 Å². The molecule has 1 unspecified atom stereocenters. The molecule has 1 amide bonds. The van der Waals surface area contributed by atoms with Gasteiger partial charge in [0.15, 0.2) is 0 Å². The van der Waals surface area contributed by atoms with Gasteiger partial charge in [0.05, 0.1) is 0 Å². The SMILES string of the molecule is CC1CC(C)(C)N(C(=O)c2ccccc2)c2ccccc21. The van der Waals surface area contributed by atoms with E-state index in [0.29, 0.717) is 5.92 Å². The van der Waals surface area contributed by atoms with E-state index >= 15 is 0 Å². The van der Waals surface area contributed by atoms with Gasteiger partial charge in [0.2, 0.25) is 0 Å². The van der Waals surface area contributed by atoms with Gasteiger partial charge in [0, 0.05) is 16.8 Å². The molecule has 2 aromatic rings. The first kappa shape index (κ1) is 13.9. The largest absolute Gasteiger partial charge is 0.303 e. The molecule has 1 atom stereocenters. The molecule has 2 nitrogen and oxygen atoms in total. The summed E-state index contributed by atoms with van der Waals surface area (Å²) in [5.41, 5.74) is 2.88. The Balaban J connectivity index is 2.11. The Bertz CT molecular complexity index is 660. The maximum atomic E-state index is 13.0. The van der Waals surface area contributed by atoms with Crippen LogP contribution in [-0.4, -0.2) is 11.4 Å². The van der Waals surface area contributed by atoms with E-state index in [1.54, 1.807) is 0 Å². The quantitative estimate of drug-likeness (QED) is 0.746. The monoisotopic (exact) mass is 279 g/mol. The Morgan fingerprint density at radius 2 is 1.67 bits per heavy atom. The van der Waals surface area contributed by atoms with Gasteiger partial charge in [-0.25, -0.2) is 0 Å². The lowest BCUT2D eigenvalue weighted by molar-refractivity contribution is 0.0954. The van der Waals surface area contributed by atoms with Crippen molar-refractivity contribution in [2.45, 2.75) is 38.6 Å². The maximum Gasteiger partial charge on any atom is 0.258 e. The first-order valence-electron chi connectivity index (χ1n) is 7.49. The van der Waals surface area contributed by atoms with E-state index in [0.717, 1.165) is 17.7 Å². The Morgan fingerprint density at radius 1 is 1.05 bits per heavy atom. The van der Waals surface area contributed by atoms with Gasteiger partial charge in [0.25, 0.3) is 5.91 Å². The van der Waals surface area contributed by atoms with Crippen molar-refractivity contribution in [2.75, 3.05) is 4.90 Å². The van der Waals surface area contributed by atoms with Crippen molar-refractivity contribution in [1.82, 2.24) is 0 Å². The molecule has 0 aromatic heterocycles. The van der Waals surface area contributed by atoms with Crippen LogP contribution in [0.5, 0.6) is 0 Å². The minimum atomic E-state index is -0.180. The highest BCUT2D eigenvalue weighted by molar-refractivity contribution is 6.07. The van der Waals surface area contributed by atoms with E-state index in [2.05, 4.69) is 39.0 Å². The molecule has 21 heavy (non-hydrogen) atoms. The van der Waals surface area contributed by atoms with Crippen molar-refractivity contribution in [2.24, 2.45) is 0 Å². The third kappa shape index (κ3) is 2.35. The predicted octanol–water partition coefficient (Wildman–Crippen LogP) is 4.62. The van der Waals surface area contributed by atoms with Crippen LogP contribution in [0.25, 0.3) is 0 Å². The van der Waals surface area contributed by atoms with Crippen molar-refractivity contribution in [3.8, 4) is 0 Å². The molecular formula is C19H21NO. The zero-order valence-corrected chi connectivity index (χ0v) is 12.8. The zero-order chi connectivity index (χ0) is 15.0. The van der Waals surface area contributed by atoms with Crippen LogP contribution in [0, 0.1) is 0 Å². The summed E-state index contributed by atoms with van der Waals surface area (Å²) in [7, 11) is 0. The fourth-order valence-electron chi connectivity index (χ4n) is 3.48. The normalized spacial score (nSPS) is 20.0. The number of carbonyl (C=O) groups excluding carboxylic acids is 1. The highest BCUT2D eigenvalue weighted by atomic mass is 16.2. The third-order valence-corrected chi connectivity index (χ3v) is 4.34. The maximum absolute atomic E-state index is 13.0. The van der Waals surface area contributed by atoms with E-state index < -0.39 is 0 Å². The molecular weight excluding hydrogens is 258 g/mol. The number of carbonyl (C=O) groups is 1. The lowest BCUT2D eigenvalue weighted by atomic mass is 9.80. The average Bonchev–Trinajstić information content (AvgIpc) is 2.47. The van der Waals surface area contributed by atoms with Crippen LogP contribution in [-0.2, 0) is 0 Å². The molecule has 1 heterocycles. The molecule has 1 aliphatic rings. The molecule has 3 rings (SSSR count). The van der Waals surface area contributed by atoms with Crippen molar-refractivity contribution in [3.05, 3.63) is 65.7 Å². The lowest BCUT2D eigenvalue weighted by Crippen LogP contribution is -2.51. The Hall–Kier alpha value is -2.09. The highest BCUT2D eigenvalue weighted by Gasteiger charge is 2.39. The number of hydrogen-bond acceptors (Lipinski definition) is 1. The minimum Gasteiger partial charge on any atom is -0.303 e. The number of hydrogen-bond donors (Lipinski definition) is 0. The molecule has 1 aliphatic heterocycles. The number of rotatable bonds is 1. The van der Waals surface area contributed by atoms with Gasteiger partial charge in [-0.15, -0.1) is 0 Å². The van der Waals surface area contributed by atoms with Gasteiger partial charge < -0.3 is 4.90 Å². The van der Waals surface area contributed by atoms with Gasteiger partial charge in [-0.05, 0) is 49.9 Å². The molecule has 0 fully saturated rings. The molecule has 0 aliphatic carbocycles. The zero-order valence-electron chi connectivity index (χ0n) is 12.8. The summed E-state index contributed by atoms with van der Waals surface area (Å²) in [6.45, 7) is 6.55. The van der Waals surface area contributed by atoms with Crippen molar-refractivity contribution in [3.63, 3.8) is 0 Å². The number of amides is 1. The van der Waals surface area contributed by atoms with Gasteiger partial charge >= 0.3 is 0 Å². The average molecular weight is 279 g/mol. The lowest BCUT2D eigenvalue weighted by Gasteiger charge is -2.46. The topological polar surface area (TPSA) is 20.3 Å². The van der Waals surface area contributed by atoms with Crippen LogP contribution in [0.15, 0.2) is 54.6 Å². The smallest absolute Gasteiger partial charge is 0.258 e. The summed E-state index contributed by atoms with van der Waals surface area (Å²) >= 11 is 0. The summed E-state index contributed by atoms with van der Waals surface area (Å²) in [5.74, 6) is 0.552. The van der Waals surface area contributed by atoms with Gasteiger partial charge in [-0.1, -0.05) is 43.3 Å². The Kier molecular flexibility index (Phi) is 3.32. The third-order valence-electron chi connectivity index (χ3n) is 4.34. The van der Waals surface area contributed by atoms with Crippen molar-refractivity contribution < 1.29 is 4.79 Å². The van der Waals surface area contributed by atoms with Gasteiger partial charge in [-0.2, -0.15) is 0 Å². The van der Waals surface area contributed by atoms with E-state index in [9.17, 15) is 4.79 Å². The van der Waals surface area contributed by atoms with Gasteiger partial charge in [-0.3, -0.25) is 4.79 Å². The fourth-order valence-corrected chi connectivity index (χ4v) is 3.48. The van der Waals surface area contributed by atoms with Crippen LogP contribution in [0.2, 0.25) is 0 Å². The standard InChI is InChI=1S/C19H21NO/c1-14-13-19(2,3)20(17-12-8-7-11-16(14)17)18(21)15-9-5-4-6-10-15/h4-12,14H,13H2,1-3H3. The summed E-state index contributed by atoms with van der Waals surface area (Å²) < 4.78 is 0. The van der Waals surface area contributed by atoms with E-state index in [4.69, 9.17) is 0 Å². The van der Waals surface area contributed by atoms with E-state index in [-0.39, 0.29) is 11.4 Å². The molecule has 0 spiro atoms. The highest BCUT2D eigenvalue weighted by Crippen LogP contribution is 2.43. The second kappa shape index (κ2) is 5.03. The summed E-state index contributed by atoms with van der Waals surface area (Å²) in [6, 6.07) is 17.8. The molecule has 0 radical (unpaired) electrons. The van der Waals surface area contributed by atoms with Crippen LogP contribution in [0.4, 0.5) is 5.69 Å². The molecule has 0 saturated carbocycles. The minimum absolute atomic E-state index is 0.0833. The number of nitrogens with zero attached hydrogens (tertiary/aromatic N) is 1. The summed E-state index contributed by atoms with van der Waals surface area (Å²) in [6.07, 6.45) is 0.975. The summed E-state index contributed by atoms with van der Waals surface area (Å²) in [4.78, 5) is 15.0. The van der Waals surface area contributed by atoms with E-state index in [1.807, 2.05) is 41.3 Å². The Labute approximate surface area is 126 Å². The second-order valence-electron chi connectivity index (χ2n) is 6.48.